The number of piperidine rings is 1. The fourth-order valence-corrected chi connectivity index (χ4v) is 8.50. The number of carboxylic acid groups (broad SMARTS) is 1. The van der Waals surface area contributed by atoms with Crippen LogP contribution in [-0.2, 0) is 4.79 Å². The van der Waals surface area contributed by atoms with Crippen molar-refractivity contribution in [3.05, 3.63) is 23.3 Å². The van der Waals surface area contributed by atoms with Crippen LogP contribution in [0.2, 0.25) is 0 Å². The smallest absolute Gasteiger partial charge is 0.303 e. The third-order valence-electron chi connectivity index (χ3n) is 10.1. The zero-order valence-corrected chi connectivity index (χ0v) is 18.7. The van der Waals surface area contributed by atoms with Crippen LogP contribution in [0.3, 0.4) is 0 Å². The number of hydrogen-bond donors (Lipinski definition) is 3. The summed E-state index contributed by atoms with van der Waals surface area (Å²) in [4.78, 5) is 11.2. The van der Waals surface area contributed by atoms with Gasteiger partial charge in [0.25, 0.3) is 0 Å². The lowest BCUT2D eigenvalue weighted by Gasteiger charge is -2.59. The number of aliphatic carboxylic acids is 1. The Kier molecular flexibility index (Phi) is 5.17. The van der Waals surface area contributed by atoms with Crippen LogP contribution in [0.25, 0.3) is 0 Å². The maximum Gasteiger partial charge on any atom is 0.303 e. The molecule has 30 heavy (non-hydrogen) atoms. The third-order valence-corrected chi connectivity index (χ3v) is 10.1. The van der Waals surface area contributed by atoms with Crippen molar-refractivity contribution in [3.63, 3.8) is 0 Å². The summed E-state index contributed by atoms with van der Waals surface area (Å²) >= 11 is 0. The summed E-state index contributed by atoms with van der Waals surface area (Å²) in [5.74, 6) is 1.66. The van der Waals surface area contributed by atoms with Crippen LogP contribution in [0.15, 0.2) is 23.3 Å². The summed E-state index contributed by atoms with van der Waals surface area (Å²) in [6.07, 6.45) is 13.7. The molecule has 3 fully saturated rings. The Morgan fingerprint density at radius 3 is 2.70 bits per heavy atom. The van der Waals surface area contributed by atoms with E-state index in [1.165, 1.54) is 31.3 Å². The van der Waals surface area contributed by atoms with E-state index in [0.717, 1.165) is 38.8 Å². The van der Waals surface area contributed by atoms with Crippen molar-refractivity contribution < 1.29 is 15.0 Å². The molecular weight excluding hydrogens is 374 g/mol. The van der Waals surface area contributed by atoms with E-state index in [1.807, 2.05) is 0 Å². The Bertz CT molecular complexity index is 766. The van der Waals surface area contributed by atoms with Gasteiger partial charge in [0.15, 0.2) is 0 Å². The second-order valence-corrected chi connectivity index (χ2v) is 11.5. The first kappa shape index (κ1) is 20.8. The van der Waals surface area contributed by atoms with Gasteiger partial charge in [-0.1, -0.05) is 37.1 Å². The van der Waals surface area contributed by atoms with Crippen LogP contribution in [0, 0.1) is 40.4 Å². The molecule has 4 nitrogen and oxygen atoms in total. The van der Waals surface area contributed by atoms with E-state index in [9.17, 15) is 15.0 Å². The van der Waals surface area contributed by atoms with Crippen LogP contribution in [0.4, 0.5) is 0 Å². The SMILES string of the molecule is C[C@]12CCC(CC(=O)O)CC1=CC(O)[C@@H]1[C@H]2CC[C@]2(C)C(C3CCCNC3)=CC[C@@H]12. The zero-order valence-electron chi connectivity index (χ0n) is 18.7. The lowest BCUT2D eigenvalue weighted by atomic mass is 9.46. The molecule has 0 aromatic carbocycles. The Hall–Kier alpha value is -1.13. The molecule has 1 heterocycles. The fourth-order valence-electron chi connectivity index (χ4n) is 8.50. The van der Waals surface area contributed by atoms with Crippen molar-refractivity contribution >= 4 is 5.97 Å². The second-order valence-electron chi connectivity index (χ2n) is 11.5. The lowest BCUT2D eigenvalue weighted by Crippen LogP contribution is -2.54. The van der Waals surface area contributed by atoms with E-state index < -0.39 is 5.97 Å². The Morgan fingerprint density at radius 1 is 1.17 bits per heavy atom. The molecule has 5 rings (SSSR count). The molecule has 0 aromatic heterocycles. The minimum atomic E-state index is -0.686. The van der Waals surface area contributed by atoms with Gasteiger partial charge in [0.05, 0.1) is 6.10 Å². The zero-order chi connectivity index (χ0) is 21.1. The molecule has 1 saturated heterocycles. The predicted molar refractivity (Wildman–Crippen MR) is 118 cm³/mol. The summed E-state index contributed by atoms with van der Waals surface area (Å²) in [5.41, 5.74) is 3.44. The van der Waals surface area contributed by atoms with Gasteiger partial charge in [0.2, 0.25) is 0 Å². The molecule has 0 bridgehead atoms. The molecule has 3 unspecified atom stereocenters. The van der Waals surface area contributed by atoms with Crippen molar-refractivity contribution in [1.29, 1.82) is 0 Å². The second kappa shape index (κ2) is 7.48. The first-order valence-electron chi connectivity index (χ1n) is 12.3. The summed E-state index contributed by atoms with van der Waals surface area (Å²) in [7, 11) is 0. The van der Waals surface area contributed by atoms with E-state index in [2.05, 4.69) is 31.3 Å². The maximum atomic E-state index is 11.4. The number of aliphatic hydroxyl groups is 1. The van der Waals surface area contributed by atoms with E-state index in [0.29, 0.717) is 23.7 Å². The van der Waals surface area contributed by atoms with Crippen molar-refractivity contribution in [2.75, 3.05) is 13.1 Å². The van der Waals surface area contributed by atoms with E-state index in [-0.39, 0.29) is 29.3 Å². The van der Waals surface area contributed by atoms with Crippen LogP contribution in [-0.4, -0.2) is 35.4 Å². The van der Waals surface area contributed by atoms with E-state index in [1.54, 1.807) is 5.57 Å². The summed E-state index contributed by atoms with van der Waals surface area (Å²) in [6.45, 7) is 7.20. The highest BCUT2D eigenvalue weighted by molar-refractivity contribution is 5.67. The number of rotatable bonds is 3. The van der Waals surface area contributed by atoms with Crippen LogP contribution >= 0.6 is 0 Å². The van der Waals surface area contributed by atoms with Crippen molar-refractivity contribution in [2.24, 2.45) is 40.4 Å². The molecule has 0 radical (unpaired) electrons. The molecule has 5 aliphatic rings. The third kappa shape index (κ3) is 3.12. The van der Waals surface area contributed by atoms with Crippen LogP contribution < -0.4 is 5.32 Å². The monoisotopic (exact) mass is 413 g/mol. The summed E-state index contributed by atoms with van der Waals surface area (Å²) in [5, 5.41) is 24.2. The van der Waals surface area contributed by atoms with Crippen molar-refractivity contribution in [2.45, 2.75) is 77.7 Å². The molecule has 8 atom stereocenters. The van der Waals surface area contributed by atoms with Gasteiger partial charge in [-0.05, 0) is 98.3 Å². The van der Waals surface area contributed by atoms with Gasteiger partial charge in [0, 0.05) is 13.0 Å². The fraction of sp³-hybridized carbons (Fsp3) is 0.808. The predicted octanol–water partition coefficient (Wildman–Crippen LogP) is 4.55. The standard InChI is InChI=1S/C26H39NO3/c1-25-9-7-16(13-23(29)30)12-18(25)14-22(28)24-20-6-5-19(17-4-3-11-27-15-17)26(20,2)10-8-21(24)25/h5,14,16-17,20-22,24,27-28H,3-4,6-13,15H2,1-2H3,(H,29,30)/t16?,17?,20-,21+,22?,24-,25-,26+/m0/s1. The van der Waals surface area contributed by atoms with Crippen molar-refractivity contribution in [3.8, 4) is 0 Å². The number of carboxylic acids is 1. The van der Waals surface area contributed by atoms with E-state index >= 15 is 0 Å². The van der Waals surface area contributed by atoms with Gasteiger partial charge in [-0.15, -0.1) is 0 Å². The van der Waals surface area contributed by atoms with Gasteiger partial charge >= 0.3 is 5.97 Å². The molecule has 0 aromatic rings. The first-order chi connectivity index (χ1) is 14.3. The molecular formula is C26H39NO3. The van der Waals surface area contributed by atoms with Gasteiger partial charge in [-0.2, -0.15) is 0 Å². The molecule has 1 aliphatic heterocycles. The number of carbonyl (C=O) groups is 1. The Labute approximate surface area is 181 Å². The largest absolute Gasteiger partial charge is 0.481 e. The number of hydrogen-bond acceptors (Lipinski definition) is 3. The topological polar surface area (TPSA) is 69.6 Å². The average molecular weight is 414 g/mol. The van der Waals surface area contributed by atoms with Crippen LogP contribution in [0.5, 0.6) is 0 Å². The quantitative estimate of drug-likeness (QED) is 0.594. The van der Waals surface area contributed by atoms with E-state index in [4.69, 9.17) is 0 Å². The van der Waals surface area contributed by atoms with Crippen molar-refractivity contribution in [1.82, 2.24) is 5.32 Å². The van der Waals surface area contributed by atoms with Crippen LogP contribution in [0.1, 0.15) is 71.6 Å². The Morgan fingerprint density at radius 2 is 1.97 bits per heavy atom. The minimum absolute atomic E-state index is 0.148. The Balaban J connectivity index is 1.41. The van der Waals surface area contributed by atoms with Gasteiger partial charge < -0.3 is 15.5 Å². The minimum Gasteiger partial charge on any atom is -0.481 e. The van der Waals surface area contributed by atoms with Gasteiger partial charge in [-0.25, -0.2) is 0 Å². The maximum absolute atomic E-state index is 11.4. The highest BCUT2D eigenvalue weighted by Crippen LogP contribution is 2.66. The van der Waals surface area contributed by atoms with Gasteiger partial charge in [-0.3, -0.25) is 4.79 Å². The summed E-state index contributed by atoms with van der Waals surface area (Å²) in [6, 6.07) is 0. The number of fused-ring (bicyclic) bond motifs is 5. The summed E-state index contributed by atoms with van der Waals surface area (Å²) < 4.78 is 0. The first-order valence-corrected chi connectivity index (χ1v) is 12.3. The highest BCUT2D eigenvalue weighted by Gasteiger charge is 2.59. The molecule has 3 N–H and O–H groups in total. The highest BCUT2D eigenvalue weighted by atomic mass is 16.4. The number of nitrogens with one attached hydrogen (secondary N) is 1. The number of aliphatic hydroxyl groups excluding tert-OH is 1. The number of allylic oxidation sites excluding steroid dienone is 2. The molecule has 2 saturated carbocycles. The normalized spacial score (nSPS) is 48.1. The lowest BCUT2D eigenvalue weighted by molar-refractivity contribution is -0.138. The average Bonchev–Trinajstić information content (AvgIpc) is 3.06. The molecule has 0 amide bonds. The molecule has 0 spiro atoms. The molecule has 166 valence electrons. The van der Waals surface area contributed by atoms with Gasteiger partial charge in [0.1, 0.15) is 0 Å². The molecule has 4 aliphatic carbocycles. The molecule has 4 heteroatoms.